The highest BCUT2D eigenvalue weighted by Gasteiger charge is 2.06. The fraction of sp³-hybridized carbons (Fsp3) is 0.154. The predicted molar refractivity (Wildman–Crippen MR) is 79.6 cm³/mol. The van der Waals surface area contributed by atoms with E-state index in [2.05, 4.69) is 15.6 Å². The summed E-state index contributed by atoms with van der Waals surface area (Å²) in [7, 11) is 0. The van der Waals surface area contributed by atoms with E-state index in [-0.39, 0.29) is 18.1 Å². The fourth-order valence-electron chi connectivity index (χ4n) is 1.56. The van der Waals surface area contributed by atoms with Crippen molar-refractivity contribution in [3.05, 3.63) is 50.9 Å². The van der Waals surface area contributed by atoms with E-state index in [0.29, 0.717) is 16.6 Å². The first-order valence-corrected chi connectivity index (χ1v) is 7.18. The lowest BCUT2D eigenvalue weighted by molar-refractivity contribution is 0.0696. The van der Waals surface area contributed by atoms with Gasteiger partial charge in [0.15, 0.2) is 0 Å². The number of aromatic nitrogens is 1. The molecule has 0 aliphatic carbocycles. The smallest absolute Gasteiger partial charge is 0.335 e. The monoisotopic (exact) mass is 325 g/mol. The Morgan fingerprint density at radius 3 is 2.67 bits per heavy atom. The van der Waals surface area contributed by atoms with Gasteiger partial charge in [-0.2, -0.15) is 0 Å². The molecule has 0 radical (unpaired) electrons. The molecule has 3 N–H and O–H groups in total. The van der Waals surface area contributed by atoms with Crippen LogP contribution < -0.4 is 10.6 Å². The van der Waals surface area contributed by atoms with Gasteiger partial charge in [0.25, 0.3) is 0 Å². The van der Waals surface area contributed by atoms with Crippen molar-refractivity contribution in [1.29, 1.82) is 0 Å². The maximum absolute atomic E-state index is 11.6. The van der Waals surface area contributed by atoms with Crippen LogP contribution in [0.5, 0.6) is 0 Å². The van der Waals surface area contributed by atoms with Crippen LogP contribution >= 0.6 is 22.9 Å². The second-order valence-corrected chi connectivity index (χ2v) is 5.88. The summed E-state index contributed by atoms with van der Waals surface area (Å²) in [6.45, 7) is 0.532. The Bertz CT molecular complexity index is 660. The van der Waals surface area contributed by atoms with E-state index in [1.54, 1.807) is 6.07 Å². The number of carbonyl (C=O) groups is 2. The Balaban J connectivity index is 1.81. The number of thiophene rings is 1. The summed E-state index contributed by atoms with van der Waals surface area (Å²) in [5.74, 6) is -1.03. The molecule has 21 heavy (non-hydrogen) atoms. The van der Waals surface area contributed by atoms with E-state index >= 15 is 0 Å². The number of amides is 2. The third-order valence-electron chi connectivity index (χ3n) is 2.55. The van der Waals surface area contributed by atoms with E-state index in [4.69, 9.17) is 16.7 Å². The van der Waals surface area contributed by atoms with Gasteiger partial charge in [0, 0.05) is 11.1 Å². The highest BCUT2D eigenvalue weighted by Crippen LogP contribution is 2.20. The minimum Gasteiger partial charge on any atom is -0.478 e. The minimum absolute atomic E-state index is 0.135. The Kier molecular flexibility index (Phi) is 5.13. The highest BCUT2D eigenvalue weighted by molar-refractivity contribution is 7.16. The molecule has 6 nitrogen and oxygen atoms in total. The van der Waals surface area contributed by atoms with Crippen molar-refractivity contribution in [2.75, 3.05) is 0 Å². The van der Waals surface area contributed by atoms with E-state index in [9.17, 15) is 9.59 Å². The number of hydrogen-bond donors (Lipinski definition) is 3. The van der Waals surface area contributed by atoms with Gasteiger partial charge in [0.1, 0.15) is 0 Å². The summed E-state index contributed by atoms with van der Waals surface area (Å²) in [5.41, 5.74) is 0.611. The van der Waals surface area contributed by atoms with E-state index in [0.717, 1.165) is 4.88 Å². The van der Waals surface area contributed by atoms with Crippen molar-refractivity contribution in [2.24, 2.45) is 0 Å². The zero-order valence-electron chi connectivity index (χ0n) is 10.8. The molecule has 8 heteroatoms. The van der Waals surface area contributed by atoms with Crippen molar-refractivity contribution < 1.29 is 14.7 Å². The normalized spacial score (nSPS) is 10.1. The molecule has 2 heterocycles. The molecule has 0 aliphatic heterocycles. The summed E-state index contributed by atoms with van der Waals surface area (Å²) in [5, 5.41) is 14.1. The van der Waals surface area contributed by atoms with Crippen molar-refractivity contribution in [3.8, 4) is 0 Å². The molecule has 110 valence electrons. The summed E-state index contributed by atoms with van der Waals surface area (Å²) in [6, 6.07) is 6.06. The molecule has 2 aromatic rings. The maximum atomic E-state index is 11.6. The molecule has 0 atom stereocenters. The van der Waals surface area contributed by atoms with Crippen LogP contribution in [0.4, 0.5) is 4.79 Å². The molecule has 0 aliphatic rings. The van der Waals surface area contributed by atoms with Crippen molar-refractivity contribution in [3.63, 3.8) is 0 Å². The number of carboxylic acid groups (broad SMARTS) is 1. The number of urea groups is 1. The van der Waals surface area contributed by atoms with Crippen LogP contribution in [0.25, 0.3) is 0 Å². The van der Waals surface area contributed by atoms with Gasteiger partial charge in [-0.25, -0.2) is 9.59 Å². The lowest BCUT2D eigenvalue weighted by Crippen LogP contribution is -2.34. The molecular weight excluding hydrogens is 314 g/mol. The van der Waals surface area contributed by atoms with Crippen LogP contribution in [-0.4, -0.2) is 22.1 Å². The van der Waals surface area contributed by atoms with Crippen molar-refractivity contribution >= 4 is 34.9 Å². The third-order valence-corrected chi connectivity index (χ3v) is 3.78. The molecule has 0 bridgehead atoms. The molecule has 2 aromatic heterocycles. The number of pyridine rings is 1. The Morgan fingerprint density at radius 1 is 1.24 bits per heavy atom. The van der Waals surface area contributed by atoms with E-state index in [1.165, 1.54) is 29.7 Å². The molecule has 0 saturated heterocycles. The number of nitrogens with zero attached hydrogens (tertiary/aromatic N) is 1. The van der Waals surface area contributed by atoms with Gasteiger partial charge in [-0.05, 0) is 24.3 Å². The number of nitrogens with one attached hydrogen (secondary N) is 2. The van der Waals surface area contributed by atoms with Crippen LogP contribution in [0, 0.1) is 0 Å². The third kappa shape index (κ3) is 4.73. The second-order valence-electron chi connectivity index (χ2n) is 4.08. The first kappa shape index (κ1) is 15.3. The molecule has 0 unspecified atom stereocenters. The summed E-state index contributed by atoms with van der Waals surface area (Å²) < 4.78 is 0.668. The molecule has 2 rings (SSSR count). The van der Waals surface area contributed by atoms with Crippen molar-refractivity contribution in [1.82, 2.24) is 15.6 Å². The fourth-order valence-corrected chi connectivity index (χ4v) is 2.58. The second kappa shape index (κ2) is 7.05. The zero-order valence-corrected chi connectivity index (χ0v) is 12.4. The average molecular weight is 326 g/mol. The topological polar surface area (TPSA) is 91.3 Å². The largest absolute Gasteiger partial charge is 0.478 e. The SMILES string of the molecule is O=C(NCc1cc(C(=O)O)ccn1)NCc1ccc(Cl)s1. The van der Waals surface area contributed by atoms with Gasteiger partial charge >= 0.3 is 12.0 Å². The Hall–Kier alpha value is -2.12. The summed E-state index contributed by atoms with van der Waals surface area (Å²) in [4.78, 5) is 27.4. The quantitative estimate of drug-likeness (QED) is 0.787. The molecule has 0 fully saturated rings. The first-order chi connectivity index (χ1) is 10.0. The van der Waals surface area contributed by atoms with Crippen LogP contribution in [0.15, 0.2) is 30.5 Å². The summed E-state index contributed by atoms with van der Waals surface area (Å²) >= 11 is 7.19. The molecular formula is C13H12ClN3O3S. The van der Waals surface area contributed by atoms with Crippen molar-refractivity contribution in [2.45, 2.75) is 13.1 Å². The number of hydrogen-bond acceptors (Lipinski definition) is 4. The van der Waals surface area contributed by atoms with E-state index in [1.807, 2.05) is 6.07 Å². The van der Waals surface area contributed by atoms with Gasteiger partial charge in [-0.1, -0.05) is 11.6 Å². The summed E-state index contributed by atoms with van der Waals surface area (Å²) in [6.07, 6.45) is 1.39. The number of carbonyl (C=O) groups excluding carboxylic acids is 1. The lowest BCUT2D eigenvalue weighted by Gasteiger charge is -2.06. The van der Waals surface area contributed by atoms with Gasteiger partial charge in [0.05, 0.1) is 28.7 Å². The molecule has 2 amide bonds. The van der Waals surface area contributed by atoms with Gasteiger partial charge in [-0.15, -0.1) is 11.3 Å². The first-order valence-electron chi connectivity index (χ1n) is 5.99. The molecule has 0 spiro atoms. The standard InChI is InChI=1S/C13H12ClN3O3S/c14-11-2-1-10(21-11)7-17-13(20)16-6-9-5-8(12(18)19)3-4-15-9/h1-5H,6-7H2,(H,18,19)(H2,16,17,20). The van der Waals surface area contributed by atoms with Crippen LogP contribution in [0.1, 0.15) is 20.9 Å². The van der Waals surface area contributed by atoms with Crippen LogP contribution in [0.3, 0.4) is 0 Å². The predicted octanol–water partition coefficient (Wildman–Crippen LogP) is 2.49. The van der Waals surface area contributed by atoms with Gasteiger partial charge in [0.2, 0.25) is 0 Å². The lowest BCUT2D eigenvalue weighted by atomic mass is 10.2. The van der Waals surface area contributed by atoms with Gasteiger partial charge in [-0.3, -0.25) is 4.98 Å². The molecule has 0 saturated carbocycles. The number of aromatic carboxylic acids is 1. The Labute approximate surface area is 129 Å². The average Bonchev–Trinajstić information content (AvgIpc) is 2.89. The van der Waals surface area contributed by atoms with Gasteiger partial charge < -0.3 is 15.7 Å². The van der Waals surface area contributed by atoms with Crippen LogP contribution in [0.2, 0.25) is 4.34 Å². The zero-order chi connectivity index (χ0) is 15.2. The number of halogens is 1. The number of carboxylic acids is 1. The number of rotatable bonds is 5. The minimum atomic E-state index is -1.03. The molecule has 0 aromatic carbocycles. The maximum Gasteiger partial charge on any atom is 0.335 e. The highest BCUT2D eigenvalue weighted by atomic mass is 35.5. The van der Waals surface area contributed by atoms with Crippen LogP contribution in [-0.2, 0) is 13.1 Å². The Morgan fingerprint density at radius 2 is 2.00 bits per heavy atom. The van der Waals surface area contributed by atoms with E-state index < -0.39 is 5.97 Å².